The van der Waals surface area contributed by atoms with Gasteiger partial charge in [0.1, 0.15) is 12.0 Å². The van der Waals surface area contributed by atoms with E-state index >= 15 is 0 Å². The van der Waals surface area contributed by atoms with Gasteiger partial charge in [-0.1, -0.05) is 13.0 Å². The monoisotopic (exact) mass is 174 g/mol. The summed E-state index contributed by atoms with van der Waals surface area (Å²) in [5.41, 5.74) is 1.66. The van der Waals surface area contributed by atoms with E-state index in [4.69, 9.17) is 4.42 Å². The summed E-state index contributed by atoms with van der Waals surface area (Å²) in [6, 6.07) is 5.73. The summed E-state index contributed by atoms with van der Waals surface area (Å²) in [6.45, 7) is 2.01. The van der Waals surface area contributed by atoms with Crippen LogP contribution in [0.25, 0.3) is 11.4 Å². The molecule has 3 heteroatoms. The van der Waals surface area contributed by atoms with Crippen LogP contribution in [0, 0.1) is 0 Å². The maximum atomic E-state index is 5.22. The van der Waals surface area contributed by atoms with Crippen LogP contribution in [0.5, 0.6) is 0 Å². The lowest BCUT2D eigenvalue weighted by molar-refractivity contribution is 0.502. The Morgan fingerprint density at radius 1 is 1.31 bits per heavy atom. The predicted molar refractivity (Wildman–Crippen MR) is 49.1 cm³/mol. The molecular weight excluding hydrogens is 164 g/mol. The Bertz CT molecular complexity index is 381. The van der Waals surface area contributed by atoms with Crippen molar-refractivity contribution >= 4 is 0 Å². The normalized spacial score (nSPS) is 10.2. The third-order valence-corrected chi connectivity index (χ3v) is 1.78. The minimum atomic E-state index is 0.751. The topological polar surface area (TPSA) is 38.9 Å². The molecule has 0 atom stereocenters. The molecule has 0 spiro atoms. The van der Waals surface area contributed by atoms with E-state index in [9.17, 15) is 0 Å². The molecule has 0 aromatic carbocycles. The summed E-state index contributed by atoms with van der Waals surface area (Å²) in [5, 5.41) is 0. The molecule has 0 unspecified atom stereocenters. The van der Waals surface area contributed by atoms with E-state index in [0.29, 0.717) is 0 Å². The molecule has 2 rings (SSSR count). The van der Waals surface area contributed by atoms with E-state index in [1.807, 2.05) is 25.1 Å². The van der Waals surface area contributed by atoms with Gasteiger partial charge in [-0.2, -0.15) is 0 Å². The number of hydrogen-bond acceptors (Lipinski definition) is 3. The first-order chi connectivity index (χ1) is 6.40. The standard InChI is InChI=1S/C10H10N2O/c1-2-10-12-9(7-13-10)8-5-3-4-6-11-8/h3-7H,2H2,1H3. The predicted octanol–water partition coefficient (Wildman–Crippen LogP) is 2.30. The molecule has 0 bridgehead atoms. The van der Waals surface area contributed by atoms with Gasteiger partial charge in [0, 0.05) is 12.6 Å². The summed E-state index contributed by atoms with van der Waals surface area (Å²) in [6.07, 6.45) is 4.20. The van der Waals surface area contributed by atoms with Crippen LogP contribution in [-0.2, 0) is 6.42 Å². The minimum absolute atomic E-state index is 0.751. The zero-order chi connectivity index (χ0) is 9.10. The third-order valence-electron chi connectivity index (χ3n) is 1.78. The number of oxazole rings is 1. The van der Waals surface area contributed by atoms with Gasteiger partial charge in [-0.15, -0.1) is 0 Å². The summed E-state index contributed by atoms with van der Waals surface area (Å²) in [4.78, 5) is 8.44. The number of hydrogen-bond donors (Lipinski definition) is 0. The minimum Gasteiger partial charge on any atom is -0.448 e. The van der Waals surface area contributed by atoms with Gasteiger partial charge >= 0.3 is 0 Å². The fraction of sp³-hybridized carbons (Fsp3) is 0.200. The molecular formula is C10H10N2O. The van der Waals surface area contributed by atoms with E-state index in [1.165, 1.54) is 0 Å². The largest absolute Gasteiger partial charge is 0.448 e. The van der Waals surface area contributed by atoms with Gasteiger partial charge in [-0.05, 0) is 12.1 Å². The maximum Gasteiger partial charge on any atom is 0.194 e. The van der Waals surface area contributed by atoms with Crippen LogP contribution in [0.3, 0.4) is 0 Å². The molecule has 0 aliphatic heterocycles. The van der Waals surface area contributed by atoms with E-state index < -0.39 is 0 Å². The molecule has 0 amide bonds. The molecule has 0 aliphatic rings. The van der Waals surface area contributed by atoms with Crippen molar-refractivity contribution in [3.63, 3.8) is 0 Å². The van der Waals surface area contributed by atoms with Crippen molar-refractivity contribution in [2.45, 2.75) is 13.3 Å². The molecule has 2 aromatic rings. The molecule has 0 saturated carbocycles. The second kappa shape index (κ2) is 3.39. The number of rotatable bonds is 2. The van der Waals surface area contributed by atoms with E-state index in [-0.39, 0.29) is 0 Å². The van der Waals surface area contributed by atoms with Crippen LogP contribution in [-0.4, -0.2) is 9.97 Å². The van der Waals surface area contributed by atoms with Crippen LogP contribution >= 0.6 is 0 Å². The van der Waals surface area contributed by atoms with Gasteiger partial charge < -0.3 is 4.42 Å². The fourth-order valence-corrected chi connectivity index (χ4v) is 1.11. The Hall–Kier alpha value is -1.64. The van der Waals surface area contributed by atoms with Crippen molar-refractivity contribution in [2.75, 3.05) is 0 Å². The number of pyridine rings is 1. The fourth-order valence-electron chi connectivity index (χ4n) is 1.11. The van der Waals surface area contributed by atoms with Gasteiger partial charge in [0.15, 0.2) is 5.89 Å². The molecule has 3 nitrogen and oxygen atoms in total. The highest BCUT2D eigenvalue weighted by atomic mass is 16.3. The highest BCUT2D eigenvalue weighted by Crippen LogP contribution is 2.15. The molecule has 2 heterocycles. The quantitative estimate of drug-likeness (QED) is 0.701. The zero-order valence-electron chi connectivity index (χ0n) is 7.40. The van der Waals surface area contributed by atoms with Gasteiger partial charge in [0.2, 0.25) is 0 Å². The first kappa shape index (κ1) is 7.98. The van der Waals surface area contributed by atoms with Gasteiger partial charge in [0.05, 0.1) is 5.69 Å². The Labute approximate surface area is 76.5 Å². The summed E-state index contributed by atoms with van der Waals surface area (Å²) in [7, 11) is 0. The lowest BCUT2D eigenvalue weighted by Crippen LogP contribution is -1.83. The van der Waals surface area contributed by atoms with Crippen molar-refractivity contribution in [2.24, 2.45) is 0 Å². The van der Waals surface area contributed by atoms with Crippen LogP contribution in [0.2, 0.25) is 0 Å². The lowest BCUT2D eigenvalue weighted by Gasteiger charge is -1.90. The highest BCUT2D eigenvalue weighted by molar-refractivity contribution is 5.51. The van der Waals surface area contributed by atoms with Crippen LogP contribution in [0.1, 0.15) is 12.8 Å². The van der Waals surface area contributed by atoms with Crippen LogP contribution in [0.15, 0.2) is 35.1 Å². The first-order valence-electron chi connectivity index (χ1n) is 4.26. The van der Waals surface area contributed by atoms with Gasteiger partial charge in [0.25, 0.3) is 0 Å². The first-order valence-corrected chi connectivity index (χ1v) is 4.26. The molecule has 0 N–H and O–H groups in total. The highest BCUT2D eigenvalue weighted by Gasteiger charge is 2.04. The van der Waals surface area contributed by atoms with Crippen molar-refractivity contribution in [1.82, 2.24) is 9.97 Å². The number of aryl methyl sites for hydroxylation is 1. The van der Waals surface area contributed by atoms with Crippen molar-refractivity contribution in [1.29, 1.82) is 0 Å². The molecule has 0 saturated heterocycles. The molecule has 2 aromatic heterocycles. The SMILES string of the molecule is CCc1nc(-c2ccccn2)co1. The van der Waals surface area contributed by atoms with E-state index in [2.05, 4.69) is 9.97 Å². The number of nitrogens with zero attached hydrogens (tertiary/aromatic N) is 2. The maximum absolute atomic E-state index is 5.22. The molecule has 0 aliphatic carbocycles. The van der Waals surface area contributed by atoms with Crippen LogP contribution in [0.4, 0.5) is 0 Å². The third kappa shape index (κ3) is 1.59. The van der Waals surface area contributed by atoms with Crippen LogP contribution < -0.4 is 0 Å². The Morgan fingerprint density at radius 2 is 2.23 bits per heavy atom. The van der Waals surface area contributed by atoms with Crippen molar-refractivity contribution in [3.8, 4) is 11.4 Å². The smallest absolute Gasteiger partial charge is 0.194 e. The molecule has 66 valence electrons. The summed E-state index contributed by atoms with van der Waals surface area (Å²) < 4.78 is 5.22. The van der Waals surface area contributed by atoms with E-state index in [0.717, 1.165) is 23.7 Å². The van der Waals surface area contributed by atoms with Crippen molar-refractivity contribution in [3.05, 3.63) is 36.5 Å². The summed E-state index contributed by atoms with van der Waals surface area (Å²) in [5.74, 6) is 0.751. The van der Waals surface area contributed by atoms with E-state index in [1.54, 1.807) is 12.5 Å². The molecule has 13 heavy (non-hydrogen) atoms. The second-order valence-corrected chi connectivity index (χ2v) is 2.70. The average molecular weight is 174 g/mol. The second-order valence-electron chi connectivity index (χ2n) is 2.70. The Morgan fingerprint density at radius 3 is 2.85 bits per heavy atom. The van der Waals surface area contributed by atoms with Gasteiger partial charge in [-0.3, -0.25) is 4.98 Å². The average Bonchev–Trinajstić information content (AvgIpc) is 2.67. The Kier molecular flexibility index (Phi) is 2.08. The molecule has 0 radical (unpaired) electrons. The lowest BCUT2D eigenvalue weighted by atomic mass is 10.3. The van der Waals surface area contributed by atoms with Gasteiger partial charge in [-0.25, -0.2) is 4.98 Å². The Balaban J connectivity index is 2.36. The number of aromatic nitrogens is 2. The van der Waals surface area contributed by atoms with Crippen molar-refractivity contribution < 1.29 is 4.42 Å². The zero-order valence-corrected chi connectivity index (χ0v) is 7.40. The summed E-state index contributed by atoms with van der Waals surface area (Å²) >= 11 is 0. The molecule has 0 fully saturated rings.